The van der Waals surface area contributed by atoms with E-state index in [0.717, 1.165) is 28.9 Å². The maximum absolute atomic E-state index is 12.5. The van der Waals surface area contributed by atoms with E-state index >= 15 is 0 Å². The van der Waals surface area contributed by atoms with E-state index in [-0.39, 0.29) is 17.9 Å². The highest BCUT2D eigenvalue weighted by molar-refractivity contribution is 6.07. The van der Waals surface area contributed by atoms with Crippen molar-refractivity contribution in [1.29, 1.82) is 0 Å². The number of hydrogen-bond donors (Lipinski definition) is 5. The molecule has 2 amide bonds. The Labute approximate surface area is 157 Å². The number of hydrazine groups is 1. The molecule has 0 spiro atoms. The molecule has 0 fully saturated rings. The van der Waals surface area contributed by atoms with E-state index in [2.05, 4.69) is 51.1 Å². The number of nitrogens with one attached hydrogen (secondary N) is 5. The molecule has 0 radical (unpaired) electrons. The summed E-state index contributed by atoms with van der Waals surface area (Å²) in [6.07, 6.45) is 1.82. The van der Waals surface area contributed by atoms with E-state index in [0.29, 0.717) is 11.3 Å². The Hall–Kier alpha value is -3.32. The predicted octanol–water partition coefficient (Wildman–Crippen LogP) is 2.12. The molecule has 2 aliphatic heterocycles. The topological polar surface area (TPSA) is 94.3 Å². The largest absolute Gasteiger partial charge is 0.373 e. The van der Waals surface area contributed by atoms with Crippen LogP contribution in [0.25, 0.3) is 5.57 Å². The number of anilines is 2. The second-order valence-electron chi connectivity index (χ2n) is 6.67. The maximum atomic E-state index is 12.5. The molecule has 0 aliphatic carbocycles. The molecule has 138 valence electrons. The molecule has 2 aromatic carbocycles. The van der Waals surface area contributed by atoms with Crippen molar-refractivity contribution in [2.75, 3.05) is 17.7 Å². The van der Waals surface area contributed by atoms with Crippen molar-refractivity contribution in [1.82, 2.24) is 16.2 Å². The Bertz CT molecular complexity index is 950. The van der Waals surface area contributed by atoms with Gasteiger partial charge in [-0.1, -0.05) is 24.3 Å². The van der Waals surface area contributed by atoms with Crippen LogP contribution < -0.4 is 26.8 Å². The van der Waals surface area contributed by atoms with Crippen LogP contribution >= 0.6 is 0 Å². The number of carbonyl (C=O) groups excluding carboxylic acids is 2. The fourth-order valence-corrected chi connectivity index (χ4v) is 3.60. The van der Waals surface area contributed by atoms with Gasteiger partial charge in [0.05, 0.1) is 11.6 Å². The standard InChI is InChI=1S/C20H21N5O2/c1-11(26)23-14-7-15-18-16(10-22-25-20(15)27)19(24-17(18)8-14)13-5-3-12(4-6-13)9-21-2/h3-8,10,19,21-22,24H,9H2,1-2H3,(H,23,26)(H,25,27). The summed E-state index contributed by atoms with van der Waals surface area (Å²) in [5, 5.41) is 9.39. The van der Waals surface area contributed by atoms with Crippen molar-refractivity contribution in [2.45, 2.75) is 19.5 Å². The molecule has 7 nitrogen and oxygen atoms in total. The molecule has 1 atom stereocenters. The molecule has 2 aliphatic rings. The number of carbonyl (C=O) groups is 2. The Morgan fingerprint density at radius 1 is 1.19 bits per heavy atom. The first-order valence-corrected chi connectivity index (χ1v) is 8.78. The zero-order chi connectivity index (χ0) is 19.0. The van der Waals surface area contributed by atoms with E-state index in [9.17, 15) is 9.59 Å². The van der Waals surface area contributed by atoms with Crippen LogP contribution in [0.15, 0.2) is 42.6 Å². The van der Waals surface area contributed by atoms with E-state index < -0.39 is 0 Å². The molecular formula is C20H21N5O2. The van der Waals surface area contributed by atoms with Gasteiger partial charge in [0.15, 0.2) is 0 Å². The Morgan fingerprint density at radius 3 is 2.67 bits per heavy atom. The van der Waals surface area contributed by atoms with Crippen molar-refractivity contribution in [2.24, 2.45) is 0 Å². The van der Waals surface area contributed by atoms with E-state index in [1.807, 2.05) is 19.3 Å². The lowest BCUT2D eigenvalue weighted by Crippen LogP contribution is -2.32. The molecule has 4 rings (SSSR count). The zero-order valence-electron chi connectivity index (χ0n) is 15.1. The predicted molar refractivity (Wildman–Crippen MR) is 105 cm³/mol. The summed E-state index contributed by atoms with van der Waals surface area (Å²) in [7, 11) is 1.92. The molecular weight excluding hydrogens is 342 g/mol. The normalized spacial score (nSPS) is 17.0. The first kappa shape index (κ1) is 17.1. The molecule has 0 saturated carbocycles. The average Bonchev–Trinajstić information content (AvgIpc) is 2.91. The lowest BCUT2D eigenvalue weighted by molar-refractivity contribution is -0.114. The summed E-state index contributed by atoms with van der Waals surface area (Å²) in [6, 6.07) is 11.8. The van der Waals surface area contributed by atoms with Gasteiger partial charge >= 0.3 is 0 Å². The van der Waals surface area contributed by atoms with Crippen molar-refractivity contribution in [3.05, 3.63) is 64.9 Å². The summed E-state index contributed by atoms with van der Waals surface area (Å²) >= 11 is 0. The van der Waals surface area contributed by atoms with Gasteiger partial charge in [0.25, 0.3) is 5.91 Å². The second-order valence-corrected chi connectivity index (χ2v) is 6.67. The van der Waals surface area contributed by atoms with Gasteiger partial charge in [-0.05, 0) is 30.3 Å². The van der Waals surface area contributed by atoms with Crippen LogP contribution in [0.3, 0.4) is 0 Å². The van der Waals surface area contributed by atoms with Gasteiger partial charge in [-0.25, -0.2) is 0 Å². The number of hydrogen-bond acceptors (Lipinski definition) is 5. The van der Waals surface area contributed by atoms with Crippen LogP contribution in [0.4, 0.5) is 11.4 Å². The molecule has 27 heavy (non-hydrogen) atoms. The molecule has 2 aromatic rings. The van der Waals surface area contributed by atoms with Crippen molar-refractivity contribution in [3.8, 4) is 0 Å². The quantitative estimate of drug-likeness (QED) is 0.574. The minimum Gasteiger partial charge on any atom is -0.373 e. The third-order valence-corrected chi connectivity index (χ3v) is 4.71. The van der Waals surface area contributed by atoms with Crippen LogP contribution in [0.1, 0.15) is 40.0 Å². The minimum absolute atomic E-state index is 0.0878. The van der Waals surface area contributed by atoms with Crippen LogP contribution in [-0.4, -0.2) is 18.9 Å². The fraction of sp³-hybridized carbons (Fsp3) is 0.200. The third-order valence-electron chi connectivity index (χ3n) is 4.71. The van der Waals surface area contributed by atoms with Gasteiger partial charge in [0.2, 0.25) is 5.91 Å². The number of benzene rings is 2. The first-order valence-electron chi connectivity index (χ1n) is 8.78. The molecule has 2 heterocycles. The second kappa shape index (κ2) is 6.77. The summed E-state index contributed by atoms with van der Waals surface area (Å²) in [5.41, 5.74) is 11.6. The zero-order valence-corrected chi connectivity index (χ0v) is 15.1. The monoisotopic (exact) mass is 363 g/mol. The summed E-state index contributed by atoms with van der Waals surface area (Å²) < 4.78 is 0. The molecule has 7 heteroatoms. The number of rotatable bonds is 4. The smallest absolute Gasteiger partial charge is 0.270 e. The molecule has 5 N–H and O–H groups in total. The van der Waals surface area contributed by atoms with Gasteiger partial charge in [0.1, 0.15) is 0 Å². The van der Waals surface area contributed by atoms with Crippen LogP contribution in [0, 0.1) is 0 Å². The van der Waals surface area contributed by atoms with Gasteiger partial charge in [-0.15, -0.1) is 0 Å². The Morgan fingerprint density at radius 2 is 1.96 bits per heavy atom. The van der Waals surface area contributed by atoms with Gasteiger partial charge in [-0.3, -0.25) is 15.0 Å². The van der Waals surface area contributed by atoms with Crippen LogP contribution in [0.2, 0.25) is 0 Å². The van der Waals surface area contributed by atoms with Crippen LogP contribution in [-0.2, 0) is 11.3 Å². The van der Waals surface area contributed by atoms with Gasteiger partial charge < -0.3 is 21.4 Å². The summed E-state index contributed by atoms with van der Waals surface area (Å²) in [5.74, 6) is -0.420. The van der Waals surface area contributed by atoms with E-state index in [4.69, 9.17) is 0 Å². The van der Waals surface area contributed by atoms with E-state index in [1.165, 1.54) is 12.5 Å². The van der Waals surface area contributed by atoms with Crippen LogP contribution in [0.5, 0.6) is 0 Å². The summed E-state index contributed by atoms with van der Waals surface area (Å²) in [6.45, 7) is 2.26. The molecule has 0 bridgehead atoms. The van der Waals surface area contributed by atoms with E-state index in [1.54, 1.807) is 6.07 Å². The lowest BCUT2D eigenvalue weighted by Gasteiger charge is -2.15. The molecule has 0 aromatic heterocycles. The van der Waals surface area contributed by atoms with Gasteiger partial charge in [0, 0.05) is 42.2 Å². The van der Waals surface area contributed by atoms with Crippen molar-refractivity contribution < 1.29 is 9.59 Å². The third kappa shape index (κ3) is 3.13. The lowest BCUT2D eigenvalue weighted by atomic mass is 9.93. The fourth-order valence-electron chi connectivity index (χ4n) is 3.60. The summed E-state index contributed by atoms with van der Waals surface area (Å²) in [4.78, 5) is 23.9. The number of amides is 2. The maximum Gasteiger partial charge on any atom is 0.270 e. The van der Waals surface area contributed by atoms with Gasteiger partial charge in [-0.2, -0.15) is 0 Å². The van der Waals surface area contributed by atoms with Crippen molar-refractivity contribution >= 4 is 28.8 Å². The Balaban J connectivity index is 1.76. The molecule has 1 unspecified atom stereocenters. The minimum atomic E-state index is -0.239. The SMILES string of the molecule is CNCc1ccc(C2Nc3cc(NC(C)=O)cc4c3C2=CNNC4=O)cc1. The first-order chi connectivity index (χ1) is 13.1. The highest BCUT2D eigenvalue weighted by Gasteiger charge is 2.33. The Kier molecular flexibility index (Phi) is 4.29. The highest BCUT2D eigenvalue weighted by Crippen LogP contribution is 2.46. The average molecular weight is 363 g/mol. The molecule has 0 saturated heterocycles. The van der Waals surface area contributed by atoms with Crippen molar-refractivity contribution in [3.63, 3.8) is 0 Å². The highest BCUT2D eigenvalue weighted by atomic mass is 16.2.